The van der Waals surface area contributed by atoms with Crippen LogP contribution < -0.4 is 5.32 Å². The van der Waals surface area contributed by atoms with Crippen molar-refractivity contribution >= 4 is 40.1 Å². The number of allylic oxidation sites excluding steroid dienone is 1. The molecule has 2 heterocycles. The molecule has 1 amide bonds. The summed E-state index contributed by atoms with van der Waals surface area (Å²) in [7, 11) is 0. The molecule has 0 saturated carbocycles. The maximum Gasteiger partial charge on any atom is 0.339 e. The first-order valence-corrected chi connectivity index (χ1v) is 11.7. The van der Waals surface area contributed by atoms with Gasteiger partial charge in [0.1, 0.15) is 5.76 Å². The summed E-state index contributed by atoms with van der Waals surface area (Å²) >= 11 is 0. The summed E-state index contributed by atoms with van der Waals surface area (Å²) < 4.78 is 11.0. The number of carbonyl (C=O) groups excluding carboxylic acids is 2. The number of carbonyl (C=O) groups is 2. The molecule has 2 aromatic carbocycles. The van der Waals surface area contributed by atoms with E-state index in [1.807, 2.05) is 74.5 Å². The Morgan fingerprint density at radius 1 is 1.06 bits per heavy atom. The Labute approximate surface area is 203 Å². The van der Waals surface area contributed by atoms with E-state index < -0.39 is 5.97 Å². The SMILES string of the molecule is Cc1cc(C)cc(NC(=O)COC(=O)c2c3c(nc4ccccc24)/C(=C/c2ccco2)CCC3)c1. The van der Waals surface area contributed by atoms with Crippen LogP contribution in [0, 0.1) is 13.8 Å². The summed E-state index contributed by atoms with van der Waals surface area (Å²) in [5, 5.41) is 3.54. The summed E-state index contributed by atoms with van der Waals surface area (Å²) in [5.74, 6) is -0.154. The molecule has 0 aliphatic heterocycles. The average molecular weight is 467 g/mol. The van der Waals surface area contributed by atoms with Crippen molar-refractivity contribution in [2.45, 2.75) is 33.1 Å². The maximum absolute atomic E-state index is 13.4. The van der Waals surface area contributed by atoms with E-state index in [9.17, 15) is 9.59 Å². The molecule has 6 nitrogen and oxygen atoms in total. The van der Waals surface area contributed by atoms with Crippen molar-refractivity contribution in [3.63, 3.8) is 0 Å². The molecule has 4 aromatic rings. The predicted molar refractivity (Wildman–Crippen MR) is 136 cm³/mol. The number of rotatable bonds is 5. The Bertz CT molecular complexity index is 1430. The molecule has 1 N–H and O–H groups in total. The van der Waals surface area contributed by atoms with Crippen molar-refractivity contribution in [2.75, 3.05) is 11.9 Å². The lowest BCUT2D eigenvalue weighted by atomic mass is 9.86. The largest absolute Gasteiger partial charge is 0.465 e. The molecule has 0 bridgehead atoms. The standard InChI is InChI=1S/C29H26N2O4/c1-18-13-19(2)15-21(14-18)30-26(32)17-35-29(33)27-23-9-3-4-11-25(23)31-28-20(7-5-10-24(27)28)16-22-8-6-12-34-22/h3-4,6,8-9,11-16H,5,7,10,17H2,1-2H3,(H,30,32)/b20-16+. The second kappa shape index (κ2) is 9.58. The van der Waals surface area contributed by atoms with E-state index in [0.717, 1.165) is 51.9 Å². The van der Waals surface area contributed by atoms with Crippen LogP contribution in [0.15, 0.2) is 65.3 Å². The van der Waals surface area contributed by atoms with Gasteiger partial charge in [-0.25, -0.2) is 9.78 Å². The molecule has 1 aliphatic carbocycles. The molecule has 6 heteroatoms. The highest BCUT2D eigenvalue weighted by Crippen LogP contribution is 2.36. The smallest absolute Gasteiger partial charge is 0.339 e. The Morgan fingerprint density at radius 2 is 1.86 bits per heavy atom. The van der Waals surface area contributed by atoms with Crippen LogP contribution in [-0.4, -0.2) is 23.5 Å². The number of benzene rings is 2. The fourth-order valence-electron chi connectivity index (χ4n) is 4.70. The maximum atomic E-state index is 13.4. The van der Waals surface area contributed by atoms with Gasteiger partial charge in [0.2, 0.25) is 0 Å². The molecular formula is C29H26N2O4. The van der Waals surface area contributed by atoms with Gasteiger partial charge in [0, 0.05) is 11.1 Å². The highest BCUT2D eigenvalue weighted by molar-refractivity contribution is 6.07. The third-order valence-electron chi connectivity index (χ3n) is 6.07. The number of pyridine rings is 1. The molecule has 2 aromatic heterocycles. The summed E-state index contributed by atoms with van der Waals surface area (Å²) in [6.45, 7) is 3.57. The van der Waals surface area contributed by atoms with E-state index in [1.165, 1.54) is 0 Å². The van der Waals surface area contributed by atoms with Gasteiger partial charge in [-0.3, -0.25) is 4.79 Å². The molecule has 0 spiro atoms. The highest BCUT2D eigenvalue weighted by atomic mass is 16.5. The van der Waals surface area contributed by atoms with Gasteiger partial charge in [0.25, 0.3) is 5.91 Å². The van der Waals surface area contributed by atoms with E-state index in [2.05, 4.69) is 5.32 Å². The summed E-state index contributed by atoms with van der Waals surface area (Å²) in [5.41, 5.74) is 6.64. The van der Waals surface area contributed by atoms with Crippen LogP contribution >= 0.6 is 0 Å². The quantitative estimate of drug-likeness (QED) is 0.359. The van der Waals surface area contributed by atoms with Crippen molar-refractivity contribution in [1.29, 1.82) is 0 Å². The number of furan rings is 1. The van der Waals surface area contributed by atoms with E-state index in [0.29, 0.717) is 23.2 Å². The molecule has 35 heavy (non-hydrogen) atoms. The number of nitrogens with one attached hydrogen (secondary N) is 1. The van der Waals surface area contributed by atoms with Gasteiger partial charge in [0.15, 0.2) is 6.61 Å². The van der Waals surface area contributed by atoms with Crippen LogP contribution in [0.25, 0.3) is 22.6 Å². The second-order valence-corrected chi connectivity index (χ2v) is 8.87. The van der Waals surface area contributed by atoms with E-state index >= 15 is 0 Å². The zero-order valence-corrected chi connectivity index (χ0v) is 19.8. The molecule has 0 fully saturated rings. The second-order valence-electron chi connectivity index (χ2n) is 8.87. The number of fused-ring (bicyclic) bond motifs is 2. The fraction of sp³-hybridized carbons (Fsp3) is 0.207. The zero-order chi connectivity index (χ0) is 24.4. The van der Waals surface area contributed by atoms with Crippen molar-refractivity contribution < 1.29 is 18.7 Å². The number of aryl methyl sites for hydroxylation is 2. The van der Waals surface area contributed by atoms with Gasteiger partial charge in [-0.2, -0.15) is 0 Å². The molecule has 5 rings (SSSR count). The van der Waals surface area contributed by atoms with Crippen LogP contribution in [-0.2, 0) is 16.0 Å². The van der Waals surface area contributed by atoms with Crippen molar-refractivity contribution in [3.8, 4) is 0 Å². The summed E-state index contributed by atoms with van der Waals surface area (Å²) in [6.07, 6.45) is 6.04. The fourth-order valence-corrected chi connectivity index (χ4v) is 4.70. The van der Waals surface area contributed by atoms with Gasteiger partial charge < -0.3 is 14.5 Å². The molecule has 1 aliphatic rings. The van der Waals surface area contributed by atoms with E-state index in [4.69, 9.17) is 14.1 Å². The lowest BCUT2D eigenvalue weighted by Gasteiger charge is -2.22. The van der Waals surface area contributed by atoms with Gasteiger partial charge in [-0.05, 0) is 91.8 Å². The van der Waals surface area contributed by atoms with Crippen LogP contribution in [0.4, 0.5) is 5.69 Å². The number of para-hydroxylation sites is 1. The minimum Gasteiger partial charge on any atom is -0.465 e. The Kier molecular flexibility index (Phi) is 6.19. The predicted octanol–water partition coefficient (Wildman–Crippen LogP) is 6.12. The molecular weight excluding hydrogens is 440 g/mol. The first-order valence-electron chi connectivity index (χ1n) is 11.7. The summed E-state index contributed by atoms with van der Waals surface area (Å²) in [4.78, 5) is 30.8. The van der Waals surface area contributed by atoms with Crippen molar-refractivity contribution in [2.24, 2.45) is 0 Å². The number of esters is 1. The van der Waals surface area contributed by atoms with Crippen LogP contribution in [0.2, 0.25) is 0 Å². The number of amides is 1. The van der Waals surface area contributed by atoms with Gasteiger partial charge in [-0.15, -0.1) is 0 Å². The minimum absolute atomic E-state index is 0.369. The minimum atomic E-state index is -0.519. The highest BCUT2D eigenvalue weighted by Gasteiger charge is 2.26. The van der Waals surface area contributed by atoms with Gasteiger partial charge in [0.05, 0.1) is 23.0 Å². The third kappa shape index (κ3) is 4.87. The number of ether oxygens (including phenoxy) is 1. The first-order chi connectivity index (χ1) is 17.0. The average Bonchev–Trinajstić information content (AvgIpc) is 3.34. The zero-order valence-electron chi connectivity index (χ0n) is 19.8. The Morgan fingerprint density at radius 3 is 2.63 bits per heavy atom. The monoisotopic (exact) mass is 466 g/mol. The molecule has 0 atom stereocenters. The van der Waals surface area contributed by atoms with Crippen LogP contribution in [0.3, 0.4) is 0 Å². The number of aromatic nitrogens is 1. The van der Waals surface area contributed by atoms with Crippen molar-refractivity contribution in [1.82, 2.24) is 4.98 Å². The van der Waals surface area contributed by atoms with Crippen LogP contribution in [0.5, 0.6) is 0 Å². The topological polar surface area (TPSA) is 81.4 Å². The van der Waals surface area contributed by atoms with Gasteiger partial charge in [-0.1, -0.05) is 24.3 Å². The number of hydrogen-bond acceptors (Lipinski definition) is 5. The lowest BCUT2D eigenvalue weighted by Crippen LogP contribution is -2.22. The van der Waals surface area contributed by atoms with Crippen molar-refractivity contribution in [3.05, 3.63) is 94.6 Å². The summed E-state index contributed by atoms with van der Waals surface area (Å²) in [6, 6.07) is 17.1. The van der Waals surface area contributed by atoms with Gasteiger partial charge >= 0.3 is 5.97 Å². The van der Waals surface area contributed by atoms with Crippen LogP contribution in [0.1, 0.15) is 51.3 Å². The molecule has 176 valence electrons. The number of nitrogens with zero attached hydrogens (tertiary/aromatic N) is 1. The molecule has 0 saturated heterocycles. The normalized spacial score (nSPS) is 14.1. The van der Waals surface area contributed by atoms with E-state index in [1.54, 1.807) is 6.26 Å². The number of anilines is 1. The molecule has 0 unspecified atom stereocenters. The molecule has 0 radical (unpaired) electrons. The Hall–Kier alpha value is -4.19. The Balaban J connectivity index is 1.44. The third-order valence-corrected chi connectivity index (χ3v) is 6.07. The first kappa shape index (κ1) is 22.6. The number of hydrogen-bond donors (Lipinski definition) is 1. The lowest BCUT2D eigenvalue weighted by molar-refractivity contribution is -0.119. The van der Waals surface area contributed by atoms with E-state index in [-0.39, 0.29) is 12.5 Å².